The number of benzene rings is 2. The molecule has 47 heavy (non-hydrogen) atoms. The third-order valence-electron chi connectivity index (χ3n) is 8.04. The summed E-state index contributed by atoms with van der Waals surface area (Å²) < 4.78 is 18.9. The molecule has 2 amide bonds. The lowest BCUT2D eigenvalue weighted by Crippen LogP contribution is -3.00. The maximum absolute atomic E-state index is 13.6. The van der Waals surface area contributed by atoms with Crippen molar-refractivity contribution in [1.29, 1.82) is 0 Å². The van der Waals surface area contributed by atoms with Crippen molar-refractivity contribution >= 4 is 23.6 Å². The van der Waals surface area contributed by atoms with Crippen LogP contribution in [0, 0.1) is 0 Å². The van der Waals surface area contributed by atoms with Crippen LogP contribution in [0.2, 0.25) is 5.02 Å². The van der Waals surface area contributed by atoms with Crippen LogP contribution in [0.15, 0.2) is 67.0 Å². The van der Waals surface area contributed by atoms with Gasteiger partial charge in [-0.15, -0.1) is 0 Å². The second-order valence-corrected chi connectivity index (χ2v) is 12.1. The van der Waals surface area contributed by atoms with Gasteiger partial charge in [0.25, 0.3) is 5.91 Å². The summed E-state index contributed by atoms with van der Waals surface area (Å²) in [6.45, 7) is 5.66. The Hall–Kier alpha value is -2.85. The molecule has 0 atom stereocenters. The highest BCUT2D eigenvalue weighted by Crippen LogP contribution is 2.27. The van der Waals surface area contributed by atoms with E-state index in [-0.39, 0.29) is 42.7 Å². The Morgan fingerprint density at radius 3 is 2.09 bits per heavy atom. The monoisotopic (exact) mass is 778 g/mol. The van der Waals surface area contributed by atoms with Gasteiger partial charge in [-0.25, -0.2) is 14.3 Å². The molecule has 1 aromatic heterocycles. The maximum Gasteiger partial charge on any atom is 0.417 e. The summed E-state index contributed by atoms with van der Waals surface area (Å²) in [5.41, 5.74) is 1.77. The highest BCUT2D eigenvalue weighted by Gasteiger charge is 2.27. The number of methoxy groups -OCH3 is 1. The number of amides is 2. The van der Waals surface area contributed by atoms with Gasteiger partial charge in [0.15, 0.2) is 12.4 Å². The number of para-hydroxylation sites is 1. The quantitative estimate of drug-likeness (QED) is 0.0683. The van der Waals surface area contributed by atoms with Crippen molar-refractivity contribution in [1.82, 2.24) is 4.90 Å². The fraction of sp³-hybridized carbons (Fsp3) is 0.500. The van der Waals surface area contributed by atoms with E-state index in [9.17, 15) is 9.59 Å². The summed E-state index contributed by atoms with van der Waals surface area (Å²) in [6, 6.07) is 16.0. The van der Waals surface area contributed by atoms with Crippen LogP contribution in [0.4, 0.5) is 4.79 Å². The van der Waals surface area contributed by atoms with E-state index in [1.165, 1.54) is 71.3 Å². The smallest absolute Gasteiger partial charge is 0.417 e. The molecular weight excluding hydrogens is 727 g/mol. The number of carbonyl (C=O) groups is 2. The van der Waals surface area contributed by atoms with E-state index in [1.54, 1.807) is 36.4 Å². The van der Waals surface area contributed by atoms with Crippen LogP contribution >= 0.6 is 11.6 Å². The molecule has 3 aromatic rings. The molecule has 0 spiro atoms. The molecule has 2 aromatic carbocycles. The highest BCUT2D eigenvalue weighted by atomic mass is 127. The standard InChI is InChI=1S/C38H52ClN2O5.HI/c1-4-6-7-8-9-10-11-12-13-14-15-18-26-45-36-24-23-31(27-34(36)39)30-46-38(43)41(29-32-20-19-25-40(5-2)28-32)37(42)33-21-16-17-22-35(33)44-3;/h16-17,19-25,27-28H,4-15,18,26,29-30H2,1-3H3;1H/q+1;/p-1. The van der Waals surface area contributed by atoms with Crippen LogP contribution in [0.5, 0.6) is 11.5 Å². The number of halogens is 2. The van der Waals surface area contributed by atoms with Crippen molar-refractivity contribution in [2.45, 2.75) is 111 Å². The Balaban J connectivity index is 0.00000768. The van der Waals surface area contributed by atoms with E-state index >= 15 is 0 Å². The maximum atomic E-state index is 13.6. The molecule has 0 fully saturated rings. The molecule has 0 aliphatic heterocycles. The molecular formula is C38H52ClIN2O5. The van der Waals surface area contributed by atoms with E-state index in [0.29, 0.717) is 28.7 Å². The zero-order valence-corrected chi connectivity index (χ0v) is 31.3. The Bertz CT molecular complexity index is 1360. The Kier molecular flexibility index (Phi) is 20.1. The number of hydrogen-bond donors (Lipinski definition) is 0. The van der Waals surface area contributed by atoms with E-state index in [2.05, 4.69) is 6.92 Å². The van der Waals surface area contributed by atoms with Crippen LogP contribution in [0.25, 0.3) is 0 Å². The average Bonchev–Trinajstić information content (AvgIpc) is 3.08. The van der Waals surface area contributed by atoms with Gasteiger partial charge in [0.2, 0.25) is 0 Å². The van der Waals surface area contributed by atoms with Crippen molar-refractivity contribution in [3.63, 3.8) is 0 Å². The van der Waals surface area contributed by atoms with Gasteiger partial charge in [0.1, 0.15) is 24.7 Å². The van der Waals surface area contributed by atoms with Gasteiger partial charge in [-0.3, -0.25) is 4.79 Å². The molecule has 0 saturated carbocycles. The number of aromatic nitrogens is 1. The molecule has 0 unspecified atom stereocenters. The Morgan fingerprint density at radius 1 is 0.787 bits per heavy atom. The molecule has 258 valence electrons. The Morgan fingerprint density at radius 2 is 1.45 bits per heavy atom. The van der Waals surface area contributed by atoms with E-state index < -0.39 is 12.0 Å². The van der Waals surface area contributed by atoms with Crippen LogP contribution in [0.1, 0.15) is 112 Å². The van der Waals surface area contributed by atoms with E-state index in [1.807, 2.05) is 42.1 Å². The fourth-order valence-electron chi connectivity index (χ4n) is 5.33. The molecule has 0 bridgehead atoms. The largest absolute Gasteiger partial charge is 1.00 e. The summed E-state index contributed by atoms with van der Waals surface area (Å²) in [5.74, 6) is 0.489. The third-order valence-corrected chi connectivity index (χ3v) is 8.34. The first-order valence-corrected chi connectivity index (χ1v) is 17.3. The average molecular weight is 779 g/mol. The van der Waals surface area contributed by atoms with Gasteiger partial charge >= 0.3 is 6.09 Å². The molecule has 9 heteroatoms. The lowest BCUT2D eigenvalue weighted by Gasteiger charge is -2.21. The van der Waals surface area contributed by atoms with Gasteiger partial charge in [-0.1, -0.05) is 107 Å². The topological polar surface area (TPSA) is 69.0 Å². The first-order valence-electron chi connectivity index (χ1n) is 17.0. The molecule has 0 aliphatic carbocycles. The van der Waals surface area contributed by atoms with Crippen molar-refractivity contribution in [3.05, 3.63) is 88.7 Å². The zero-order valence-electron chi connectivity index (χ0n) is 28.4. The molecule has 0 radical (unpaired) electrons. The molecule has 1 heterocycles. The van der Waals surface area contributed by atoms with Gasteiger partial charge in [-0.05, 0) is 49.2 Å². The van der Waals surface area contributed by atoms with Crippen molar-refractivity contribution in [3.8, 4) is 11.5 Å². The number of hydrogen-bond acceptors (Lipinski definition) is 5. The number of aryl methyl sites for hydroxylation is 1. The summed E-state index contributed by atoms with van der Waals surface area (Å²) in [5, 5.41) is 0.461. The SMILES string of the molecule is CCCCCCCCCCCCCCOc1ccc(COC(=O)N(Cc2ccc[n+](CC)c2)C(=O)c2ccccc2OC)cc1Cl.[I-]. The van der Waals surface area contributed by atoms with Crippen molar-refractivity contribution in [2.75, 3.05) is 13.7 Å². The number of imide groups is 1. The molecule has 0 N–H and O–H groups in total. The van der Waals surface area contributed by atoms with Crippen molar-refractivity contribution < 1.29 is 52.3 Å². The zero-order chi connectivity index (χ0) is 33.0. The van der Waals surface area contributed by atoms with Gasteiger partial charge in [0.05, 0.1) is 30.8 Å². The van der Waals surface area contributed by atoms with E-state index in [4.69, 9.17) is 25.8 Å². The van der Waals surface area contributed by atoms with Crippen LogP contribution in [-0.4, -0.2) is 30.6 Å². The minimum atomic E-state index is -0.758. The first kappa shape index (κ1) is 40.3. The normalized spacial score (nSPS) is 10.6. The molecule has 3 rings (SSSR count). The number of rotatable bonds is 21. The lowest BCUT2D eigenvalue weighted by atomic mass is 10.1. The number of ether oxygens (including phenoxy) is 3. The minimum Gasteiger partial charge on any atom is -1.00 e. The predicted molar refractivity (Wildman–Crippen MR) is 183 cm³/mol. The number of carbonyl (C=O) groups excluding carboxylic acids is 2. The predicted octanol–water partition coefficient (Wildman–Crippen LogP) is 6.72. The van der Waals surface area contributed by atoms with Gasteiger partial charge in [0, 0.05) is 11.6 Å². The number of nitrogens with zero attached hydrogens (tertiary/aromatic N) is 2. The van der Waals surface area contributed by atoms with Crippen molar-refractivity contribution in [2.24, 2.45) is 0 Å². The number of pyridine rings is 1. The molecule has 0 aliphatic rings. The van der Waals surface area contributed by atoms with Gasteiger partial charge < -0.3 is 38.2 Å². The van der Waals surface area contributed by atoms with Crippen LogP contribution in [0.3, 0.4) is 0 Å². The summed E-state index contributed by atoms with van der Waals surface area (Å²) >= 11 is 6.51. The lowest BCUT2D eigenvalue weighted by molar-refractivity contribution is -0.694. The first-order chi connectivity index (χ1) is 22.5. The molecule has 7 nitrogen and oxygen atoms in total. The van der Waals surface area contributed by atoms with Crippen LogP contribution < -0.4 is 38.0 Å². The minimum absolute atomic E-state index is 0. The van der Waals surface area contributed by atoms with E-state index in [0.717, 1.165) is 29.8 Å². The fourth-order valence-corrected chi connectivity index (χ4v) is 5.59. The van der Waals surface area contributed by atoms with Gasteiger partial charge in [-0.2, -0.15) is 0 Å². The second-order valence-electron chi connectivity index (χ2n) is 11.7. The summed E-state index contributed by atoms with van der Waals surface area (Å²) in [7, 11) is 1.49. The summed E-state index contributed by atoms with van der Waals surface area (Å²) in [6.07, 6.45) is 18.6. The third kappa shape index (κ3) is 14.4. The summed E-state index contributed by atoms with van der Waals surface area (Å²) in [4.78, 5) is 28.1. The second kappa shape index (κ2) is 23.5. The number of unbranched alkanes of at least 4 members (excludes halogenated alkanes) is 11. The highest BCUT2D eigenvalue weighted by molar-refractivity contribution is 6.32. The Labute approximate surface area is 304 Å². The van der Waals surface area contributed by atoms with Crippen LogP contribution in [-0.2, 0) is 24.4 Å². The molecule has 0 saturated heterocycles.